The van der Waals surface area contributed by atoms with Gasteiger partial charge in [0.15, 0.2) is 11.5 Å². The van der Waals surface area contributed by atoms with Crippen LogP contribution < -0.4 is 20.1 Å². The molecule has 0 saturated carbocycles. The molecule has 2 amide bonds. The molecule has 7 heteroatoms. The molecular formula is C19H27N3O4. The van der Waals surface area contributed by atoms with Gasteiger partial charge in [-0.2, -0.15) is 0 Å². The van der Waals surface area contributed by atoms with Crippen LogP contribution in [0.15, 0.2) is 18.2 Å². The van der Waals surface area contributed by atoms with Crippen LogP contribution in [0.25, 0.3) is 0 Å². The summed E-state index contributed by atoms with van der Waals surface area (Å²) in [6.45, 7) is 6.51. The summed E-state index contributed by atoms with van der Waals surface area (Å²) in [7, 11) is 1.77. The second kappa shape index (κ2) is 7.15. The van der Waals surface area contributed by atoms with Crippen molar-refractivity contribution in [1.29, 1.82) is 0 Å². The summed E-state index contributed by atoms with van der Waals surface area (Å²) < 4.78 is 11.1. The Labute approximate surface area is 154 Å². The van der Waals surface area contributed by atoms with Crippen molar-refractivity contribution >= 4 is 17.5 Å². The number of fused-ring (bicyclic) bond motifs is 1. The van der Waals surface area contributed by atoms with Gasteiger partial charge in [-0.25, -0.2) is 0 Å². The van der Waals surface area contributed by atoms with Crippen LogP contribution in [-0.2, 0) is 9.59 Å². The summed E-state index contributed by atoms with van der Waals surface area (Å²) in [6.07, 6.45) is 0.223. The summed E-state index contributed by atoms with van der Waals surface area (Å²) in [5.74, 6) is 0.918. The van der Waals surface area contributed by atoms with Crippen LogP contribution in [0.3, 0.4) is 0 Å². The maximum atomic E-state index is 12.8. The van der Waals surface area contributed by atoms with Gasteiger partial charge in [0.2, 0.25) is 11.8 Å². The van der Waals surface area contributed by atoms with Crippen molar-refractivity contribution in [3.8, 4) is 11.5 Å². The average molecular weight is 361 g/mol. The molecule has 26 heavy (non-hydrogen) atoms. The zero-order valence-electron chi connectivity index (χ0n) is 15.7. The molecule has 1 aromatic rings. The normalized spacial score (nSPS) is 19.6. The zero-order chi connectivity index (χ0) is 18.9. The molecule has 142 valence electrons. The first-order chi connectivity index (χ1) is 12.3. The van der Waals surface area contributed by atoms with Crippen LogP contribution in [0.1, 0.15) is 20.3 Å². The van der Waals surface area contributed by atoms with Crippen LogP contribution in [0, 0.1) is 11.3 Å². The molecule has 0 spiro atoms. The second-order valence-electron chi connectivity index (χ2n) is 7.80. The Balaban J connectivity index is 1.69. The minimum absolute atomic E-state index is 0.0140. The Morgan fingerprint density at radius 3 is 2.69 bits per heavy atom. The summed E-state index contributed by atoms with van der Waals surface area (Å²) >= 11 is 0. The van der Waals surface area contributed by atoms with Gasteiger partial charge >= 0.3 is 0 Å². The van der Waals surface area contributed by atoms with Gasteiger partial charge in [0.1, 0.15) is 13.2 Å². The van der Waals surface area contributed by atoms with Crippen LogP contribution in [0.2, 0.25) is 0 Å². The maximum absolute atomic E-state index is 12.8. The predicted molar refractivity (Wildman–Crippen MR) is 98.4 cm³/mol. The average Bonchev–Trinajstić information content (AvgIpc) is 3.02. The highest BCUT2D eigenvalue weighted by atomic mass is 16.6. The molecule has 0 aromatic heterocycles. The quantitative estimate of drug-likeness (QED) is 0.853. The summed E-state index contributed by atoms with van der Waals surface area (Å²) in [6, 6.07) is 5.45. The molecular weight excluding hydrogens is 334 g/mol. The lowest BCUT2D eigenvalue weighted by atomic mass is 9.92. The largest absolute Gasteiger partial charge is 0.486 e. The number of ether oxygens (including phenoxy) is 2. The Morgan fingerprint density at radius 2 is 2.00 bits per heavy atom. The van der Waals surface area contributed by atoms with Crippen molar-refractivity contribution in [2.45, 2.75) is 20.3 Å². The van der Waals surface area contributed by atoms with E-state index in [9.17, 15) is 9.59 Å². The SMILES string of the molecule is CN(CC(C)(C)CN)C(=O)C1CC(=O)N(c2ccc3c(c2)OCCO3)C1. The second-order valence-corrected chi connectivity index (χ2v) is 7.80. The molecule has 2 aliphatic rings. The number of anilines is 1. The lowest BCUT2D eigenvalue weighted by Crippen LogP contribution is -2.42. The lowest BCUT2D eigenvalue weighted by Gasteiger charge is -2.30. The Kier molecular flexibility index (Phi) is 5.09. The highest BCUT2D eigenvalue weighted by Crippen LogP contribution is 2.36. The number of amides is 2. The number of nitrogens with zero attached hydrogens (tertiary/aromatic N) is 2. The van der Waals surface area contributed by atoms with Crippen molar-refractivity contribution in [2.24, 2.45) is 17.1 Å². The molecule has 2 heterocycles. The third-order valence-electron chi connectivity index (χ3n) is 4.91. The van der Waals surface area contributed by atoms with Gasteiger partial charge in [0.25, 0.3) is 0 Å². The number of rotatable bonds is 5. The van der Waals surface area contributed by atoms with Crippen molar-refractivity contribution < 1.29 is 19.1 Å². The molecule has 0 radical (unpaired) electrons. The van der Waals surface area contributed by atoms with Crippen molar-refractivity contribution in [2.75, 3.05) is 44.8 Å². The number of carbonyl (C=O) groups excluding carboxylic acids is 2. The summed E-state index contributed by atoms with van der Waals surface area (Å²) in [5.41, 5.74) is 6.35. The molecule has 3 rings (SSSR count). The number of nitrogens with two attached hydrogens (primary N) is 1. The number of carbonyl (C=O) groups is 2. The predicted octanol–water partition coefficient (Wildman–Crippen LogP) is 1.25. The van der Waals surface area contributed by atoms with E-state index >= 15 is 0 Å². The lowest BCUT2D eigenvalue weighted by molar-refractivity contribution is -0.135. The van der Waals surface area contributed by atoms with Crippen molar-refractivity contribution in [1.82, 2.24) is 4.90 Å². The molecule has 2 N–H and O–H groups in total. The van der Waals surface area contributed by atoms with Gasteiger partial charge < -0.3 is 25.0 Å². The third-order valence-corrected chi connectivity index (χ3v) is 4.91. The molecule has 1 fully saturated rings. The van der Waals surface area contributed by atoms with E-state index < -0.39 is 0 Å². The summed E-state index contributed by atoms with van der Waals surface area (Å²) in [5, 5.41) is 0. The third kappa shape index (κ3) is 3.77. The molecule has 0 bridgehead atoms. The number of hydrogen-bond acceptors (Lipinski definition) is 5. The van der Waals surface area contributed by atoms with E-state index in [1.807, 2.05) is 26.0 Å². The summed E-state index contributed by atoms with van der Waals surface area (Å²) in [4.78, 5) is 28.6. The fourth-order valence-electron chi connectivity index (χ4n) is 3.42. The Morgan fingerprint density at radius 1 is 1.31 bits per heavy atom. The molecule has 7 nitrogen and oxygen atoms in total. The van der Waals surface area contributed by atoms with E-state index in [1.54, 1.807) is 22.9 Å². The van der Waals surface area contributed by atoms with Crippen LogP contribution >= 0.6 is 0 Å². The van der Waals surface area contributed by atoms with Gasteiger partial charge in [-0.1, -0.05) is 13.8 Å². The maximum Gasteiger partial charge on any atom is 0.227 e. The van der Waals surface area contributed by atoms with E-state index in [2.05, 4.69) is 0 Å². The van der Waals surface area contributed by atoms with Gasteiger partial charge in [0, 0.05) is 38.3 Å². The fourth-order valence-corrected chi connectivity index (χ4v) is 3.42. The monoisotopic (exact) mass is 361 g/mol. The van der Waals surface area contributed by atoms with Gasteiger partial charge in [-0.15, -0.1) is 0 Å². The fraction of sp³-hybridized carbons (Fsp3) is 0.579. The van der Waals surface area contributed by atoms with E-state index in [0.717, 1.165) is 5.69 Å². The van der Waals surface area contributed by atoms with E-state index in [1.165, 1.54) is 0 Å². The molecule has 1 atom stereocenters. The highest BCUT2D eigenvalue weighted by Gasteiger charge is 2.37. The molecule has 2 aliphatic heterocycles. The number of benzene rings is 1. The molecule has 1 saturated heterocycles. The standard InChI is InChI=1S/C19H27N3O4/c1-19(2,11-20)12-21(3)18(24)13-8-17(23)22(10-13)14-4-5-15-16(9-14)26-7-6-25-15/h4-5,9,13H,6-8,10-12,20H2,1-3H3. The van der Waals surface area contributed by atoms with Crippen LogP contribution in [-0.4, -0.2) is 56.6 Å². The minimum Gasteiger partial charge on any atom is -0.486 e. The smallest absolute Gasteiger partial charge is 0.227 e. The molecule has 1 unspecified atom stereocenters. The molecule has 0 aliphatic carbocycles. The first-order valence-electron chi connectivity index (χ1n) is 8.96. The van der Waals surface area contributed by atoms with Crippen LogP contribution in [0.5, 0.6) is 11.5 Å². The van der Waals surface area contributed by atoms with Gasteiger partial charge in [-0.3, -0.25) is 9.59 Å². The molecule has 1 aromatic carbocycles. The number of hydrogen-bond donors (Lipinski definition) is 1. The van der Waals surface area contributed by atoms with E-state index in [-0.39, 0.29) is 29.6 Å². The van der Waals surface area contributed by atoms with Crippen molar-refractivity contribution in [3.05, 3.63) is 18.2 Å². The van der Waals surface area contributed by atoms with E-state index in [4.69, 9.17) is 15.2 Å². The van der Waals surface area contributed by atoms with Gasteiger partial charge in [-0.05, 0) is 24.1 Å². The Hall–Kier alpha value is -2.28. The van der Waals surface area contributed by atoms with Crippen molar-refractivity contribution in [3.63, 3.8) is 0 Å². The first kappa shape index (κ1) is 18.5. The highest BCUT2D eigenvalue weighted by molar-refractivity contribution is 6.00. The topological polar surface area (TPSA) is 85.1 Å². The van der Waals surface area contributed by atoms with Crippen LogP contribution in [0.4, 0.5) is 5.69 Å². The minimum atomic E-state index is -0.339. The Bertz CT molecular complexity index is 704. The zero-order valence-corrected chi connectivity index (χ0v) is 15.7. The first-order valence-corrected chi connectivity index (χ1v) is 8.96. The van der Waals surface area contributed by atoms with Gasteiger partial charge in [0.05, 0.1) is 5.92 Å². The van der Waals surface area contributed by atoms with E-state index in [0.29, 0.717) is 44.3 Å².